The zero-order valence-electron chi connectivity index (χ0n) is 15.1. The largest absolute Gasteiger partial charge is 0.317 e. The van der Waals surface area contributed by atoms with Crippen LogP contribution >= 0.6 is 27.7 Å². The molecule has 138 valence electrons. The Morgan fingerprint density at radius 3 is 2.59 bits per heavy atom. The Labute approximate surface area is 171 Å². The smallest absolute Gasteiger partial charge is 0.250 e. The van der Waals surface area contributed by atoms with E-state index >= 15 is 0 Å². The van der Waals surface area contributed by atoms with Crippen LogP contribution in [0.2, 0.25) is 0 Å². The third kappa shape index (κ3) is 4.90. The lowest BCUT2D eigenvalue weighted by molar-refractivity contribution is -0.118. The summed E-state index contributed by atoms with van der Waals surface area (Å²) in [6, 6.07) is 20.0. The molecule has 0 saturated carbocycles. The lowest BCUT2D eigenvalue weighted by Crippen LogP contribution is -2.19. The predicted molar refractivity (Wildman–Crippen MR) is 116 cm³/mol. The van der Waals surface area contributed by atoms with E-state index in [1.54, 1.807) is 6.21 Å². The molecule has 1 heterocycles. The Bertz CT molecular complexity index is 967. The zero-order valence-corrected chi connectivity index (χ0v) is 17.5. The number of nitrogens with one attached hydrogen (secondary N) is 1. The van der Waals surface area contributed by atoms with Crippen molar-refractivity contribution in [2.24, 2.45) is 5.10 Å². The van der Waals surface area contributed by atoms with Crippen molar-refractivity contribution in [2.45, 2.75) is 18.7 Å². The number of thioether (sulfide) groups is 1. The summed E-state index contributed by atoms with van der Waals surface area (Å²) in [5.41, 5.74) is 6.82. The highest BCUT2D eigenvalue weighted by Gasteiger charge is 2.11. The molecule has 0 atom stereocenters. The lowest BCUT2D eigenvalue weighted by Gasteiger charge is -2.11. The second kappa shape index (κ2) is 9.06. The van der Waals surface area contributed by atoms with Crippen LogP contribution in [-0.2, 0) is 4.79 Å². The van der Waals surface area contributed by atoms with Crippen molar-refractivity contribution in [3.05, 3.63) is 82.1 Å². The quantitative estimate of drug-likeness (QED) is 0.328. The van der Waals surface area contributed by atoms with Crippen molar-refractivity contribution in [2.75, 3.05) is 5.75 Å². The van der Waals surface area contributed by atoms with E-state index in [-0.39, 0.29) is 5.91 Å². The van der Waals surface area contributed by atoms with Crippen molar-refractivity contribution >= 4 is 39.8 Å². The molecule has 2 aromatic carbocycles. The molecule has 0 fully saturated rings. The highest BCUT2D eigenvalue weighted by Crippen LogP contribution is 2.26. The van der Waals surface area contributed by atoms with Gasteiger partial charge in [-0.15, -0.1) is 11.8 Å². The Morgan fingerprint density at radius 1 is 1.15 bits per heavy atom. The Kier molecular flexibility index (Phi) is 6.53. The molecule has 0 saturated heterocycles. The van der Waals surface area contributed by atoms with Crippen LogP contribution < -0.4 is 5.43 Å². The minimum atomic E-state index is -0.125. The summed E-state index contributed by atoms with van der Waals surface area (Å²) in [4.78, 5) is 13.0. The van der Waals surface area contributed by atoms with Gasteiger partial charge >= 0.3 is 0 Å². The minimum absolute atomic E-state index is 0.125. The SMILES string of the molecule is Cc1cc(/C=N/NC(=O)CSc2ccccc2)c(C)n1-c1ccccc1Br. The van der Waals surface area contributed by atoms with E-state index in [9.17, 15) is 4.79 Å². The molecule has 0 aliphatic rings. The van der Waals surface area contributed by atoms with Gasteiger partial charge < -0.3 is 4.57 Å². The number of hydrogen-bond donors (Lipinski definition) is 1. The topological polar surface area (TPSA) is 46.4 Å². The van der Waals surface area contributed by atoms with Gasteiger partial charge in [-0.3, -0.25) is 4.79 Å². The van der Waals surface area contributed by atoms with Crippen LogP contribution in [-0.4, -0.2) is 22.4 Å². The van der Waals surface area contributed by atoms with Crippen LogP contribution in [0.4, 0.5) is 0 Å². The number of aromatic nitrogens is 1. The number of hydrazone groups is 1. The fourth-order valence-electron chi connectivity index (χ4n) is 2.79. The van der Waals surface area contributed by atoms with Gasteiger partial charge in [0.25, 0.3) is 0 Å². The summed E-state index contributed by atoms with van der Waals surface area (Å²) in [6.07, 6.45) is 1.70. The number of carbonyl (C=O) groups excluding carboxylic acids is 1. The van der Waals surface area contributed by atoms with E-state index in [4.69, 9.17) is 0 Å². The van der Waals surface area contributed by atoms with Crippen molar-refractivity contribution in [3.8, 4) is 5.69 Å². The summed E-state index contributed by atoms with van der Waals surface area (Å²) in [5, 5.41) is 4.12. The van der Waals surface area contributed by atoms with Gasteiger partial charge in [-0.1, -0.05) is 30.3 Å². The molecule has 1 amide bonds. The van der Waals surface area contributed by atoms with Crippen molar-refractivity contribution in [1.82, 2.24) is 9.99 Å². The summed E-state index contributed by atoms with van der Waals surface area (Å²) in [5.74, 6) is 0.205. The van der Waals surface area contributed by atoms with Crippen LogP contribution in [0.15, 0.2) is 75.1 Å². The molecule has 4 nitrogen and oxygen atoms in total. The molecule has 3 aromatic rings. The molecule has 1 N–H and O–H groups in total. The highest BCUT2D eigenvalue weighted by atomic mass is 79.9. The van der Waals surface area contributed by atoms with Gasteiger partial charge in [0, 0.05) is 26.3 Å². The van der Waals surface area contributed by atoms with Gasteiger partial charge in [0.1, 0.15) is 0 Å². The molecule has 0 radical (unpaired) electrons. The summed E-state index contributed by atoms with van der Waals surface area (Å²) >= 11 is 5.09. The molecule has 0 aliphatic carbocycles. The molecular formula is C21H20BrN3OS. The first-order chi connectivity index (χ1) is 13.1. The van der Waals surface area contributed by atoms with Crippen LogP contribution in [0, 0.1) is 13.8 Å². The van der Waals surface area contributed by atoms with Gasteiger partial charge in [-0.25, -0.2) is 5.43 Å². The number of amides is 1. The maximum Gasteiger partial charge on any atom is 0.250 e. The van der Waals surface area contributed by atoms with E-state index in [2.05, 4.69) is 50.1 Å². The maximum absolute atomic E-state index is 12.0. The number of nitrogens with zero attached hydrogens (tertiary/aromatic N) is 2. The average molecular weight is 442 g/mol. The van der Waals surface area contributed by atoms with Gasteiger partial charge in [-0.05, 0) is 60.1 Å². The van der Waals surface area contributed by atoms with Gasteiger partial charge in [-0.2, -0.15) is 5.10 Å². The van der Waals surface area contributed by atoms with Crippen molar-refractivity contribution < 1.29 is 4.79 Å². The molecular weight excluding hydrogens is 422 g/mol. The summed E-state index contributed by atoms with van der Waals surface area (Å²) in [7, 11) is 0. The zero-order chi connectivity index (χ0) is 19.2. The number of hydrogen-bond acceptors (Lipinski definition) is 3. The van der Waals surface area contributed by atoms with E-state index < -0.39 is 0 Å². The van der Waals surface area contributed by atoms with Gasteiger partial charge in [0.05, 0.1) is 17.7 Å². The number of halogens is 1. The third-order valence-corrected chi connectivity index (χ3v) is 5.75. The minimum Gasteiger partial charge on any atom is -0.317 e. The van der Waals surface area contributed by atoms with E-state index in [0.717, 1.165) is 32.0 Å². The molecule has 1 aromatic heterocycles. The first-order valence-electron chi connectivity index (χ1n) is 8.50. The van der Waals surface area contributed by atoms with E-state index in [1.807, 2.05) is 55.5 Å². The lowest BCUT2D eigenvalue weighted by atomic mass is 10.2. The number of benzene rings is 2. The van der Waals surface area contributed by atoms with E-state index in [1.165, 1.54) is 11.8 Å². The van der Waals surface area contributed by atoms with Gasteiger partial charge in [0.2, 0.25) is 5.91 Å². The molecule has 27 heavy (non-hydrogen) atoms. The van der Waals surface area contributed by atoms with Crippen molar-refractivity contribution in [1.29, 1.82) is 0 Å². The second-order valence-corrected chi connectivity index (χ2v) is 7.91. The van der Waals surface area contributed by atoms with E-state index in [0.29, 0.717) is 5.75 Å². The molecule has 0 spiro atoms. The monoisotopic (exact) mass is 441 g/mol. The Hall–Kier alpha value is -2.31. The van der Waals surface area contributed by atoms with Crippen molar-refractivity contribution in [3.63, 3.8) is 0 Å². The van der Waals surface area contributed by atoms with Crippen LogP contribution in [0.1, 0.15) is 17.0 Å². The van der Waals surface area contributed by atoms with Crippen LogP contribution in [0.25, 0.3) is 5.69 Å². The fraction of sp³-hybridized carbons (Fsp3) is 0.143. The summed E-state index contributed by atoms with van der Waals surface area (Å²) in [6.45, 7) is 4.10. The molecule has 0 unspecified atom stereocenters. The second-order valence-electron chi connectivity index (χ2n) is 6.01. The first-order valence-corrected chi connectivity index (χ1v) is 10.3. The number of carbonyl (C=O) groups is 1. The number of aryl methyl sites for hydroxylation is 1. The standard InChI is InChI=1S/C21H20BrN3OS/c1-15-12-17(16(2)25(15)20-11-7-6-10-19(20)22)13-23-24-21(26)14-27-18-8-4-3-5-9-18/h3-13H,14H2,1-2H3,(H,24,26)/b23-13+. The Balaban J connectivity index is 1.65. The maximum atomic E-state index is 12.0. The Morgan fingerprint density at radius 2 is 1.85 bits per heavy atom. The average Bonchev–Trinajstić information content (AvgIpc) is 2.95. The summed E-state index contributed by atoms with van der Waals surface area (Å²) < 4.78 is 3.19. The molecule has 6 heteroatoms. The molecule has 3 rings (SSSR count). The number of para-hydroxylation sites is 1. The molecule has 0 bridgehead atoms. The highest BCUT2D eigenvalue weighted by molar-refractivity contribution is 9.10. The predicted octanol–water partition coefficient (Wildman–Crippen LogP) is 5.10. The first kappa shape index (κ1) is 19.5. The fourth-order valence-corrected chi connectivity index (χ4v) is 3.97. The van der Waals surface area contributed by atoms with Gasteiger partial charge in [0.15, 0.2) is 0 Å². The molecule has 0 aliphatic heterocycles. The van der Waals surface area contributed by atoms with Crippen LogP contribution in [0.3, 0.4) is 0 Å². The third-order valence-electron chi connectivity index (χ3n) is 4.07. The van der Waals surface area contributed by atoms with Crippen LogP contribution in [0.5, 0.6) is 0 Å². The number of rotatable bonds is 6. The normalized spacial score (nSPS) is 11.1.